The van der Waals surface area contributed by atoms with Crippen LogP contribution in [0.25, 0.3) is 110 Å². The summed E-state index contributed by atoms with van der Waals surface area (Å²) < 4.78 is 2.64. The van der Waals surface area contributed by atoms with E-state index in [0.717, 1.165) is 33.4 Å². The monoisotopic (exact) mass is 933 g/mol. The molecule has 2 heterocycles. The van der Waals surface area contributed by atoms with E-state index in [4.69, 9.17) is 15.0 Å². The van der Waals surface area contributed by atoms with Gasteiger partial charge in [-0.3, -0.25) is 0 Å². The number of benzene rings is 11. The van der Waals surface area contributed by atoms with Gasteiger partial charge in [0.1, 0.15) is 0 Å². The van der Waals surface area contributed by atoms with Gasteiger partial charge in [-0.1, -0.05) is 249 Å². The third-order valence-electron chi connectivity index (χ3n) is 14.7. The predicted octanol–water partition coefficient (Wildman–Crippen LogP) is 17.8. The molecule has 336 valence electrons. The minimum atomic E-state index is -0.497. The Labute approximate surface area is 422 Å². The number of nitrogens with zero attached hydrogens (tertiary/aromatic N) is 3. The molecule has 1 aliphatic carbocycles. The van der Waals surface area contributed by atoms with E-state index < -0.39 is 5.41 Å². The second-order valence-corrected chi connectivity index (χ2v) is 19.7. The molecule has 4 heteroatoms. The molecule has 0 bridgehead atoms. The van der Waals surface area contributed by atoms with Crippen LogP contribution in [0, 0.1) is 0 Å². The normalized spacial score (nSPS) is 12.6. The average molecular weight is 934 g/mol. The van der Waals surface area contributed by atoms with E-state index in [1.165, 1.54) is 81.0 Å². The quantitative estimate of drug-likeness (QED) is 0.152. The fourth-order valence-electron chi connectivity index (χ4n) is 11.3. The molecular weight excluding hydrogens is 891 g/mol. The molecule has 0 radical (unpaired) electrons. The van der Waals surface area contributed by atoms with Crippen LogP contribution in [0.5, 0.6) is 0 Å². The number of hydrogen-bond acceptors (Lipinski definition) is 4. The summed E-state index contributed by atoms with van der Waals surface area (Å²) in [7, 11) is 0. The van der Waals surface area contributed by atoms with Gasteiger partial charge in [0.25, 0.3) is 0 Å². The van der Waals surface area contributed by atoms with E-state index in [0.29, 0.717) is 17.5 Å². The lowest BCUT2D eigenvalue weighted by Gasteiger charge is -2.33. The van der Waals surface area contributed by atoms with Crippen molar-refractivity contribution in [2.75, 3.05) is 0 Å². The topological polar surface area (TPSA) is 38.7 Å². The van der Waals surface area contributed by atoms with Crippen molar-refractivity contribution in [1.29, 1.82) is 0 Å². The first kappa shape index (κ1) is 41.8. The van der Waals surface area contributed by atoms with Gasteiger partial charge in [0, 0.05) is 36.9 Å². The Kier molecular flexibility index (Phi) is 9.94. The van der Waals surface area contributed by atoms with Crippen molar-refractivity contribution >= 4 is 42.3 Å². The summed E-state index contributed by atoms with van der Waals surface area (Å²) in [6.07, 6.45) is 0. The minimum Gasteiger partial charge on any atom is -0.208 e. The zero-order valence-electron chi connectivity index (χ0n) is 39.1. The molecule has 0 N–H and O–H groups in total. The Hall–Kier alpha value is -9.09. The smallest absolute Gasteiger partial charge is 0.164 e. The van der Waals surface area contributed by atoms with Crippen molar-refractivity contribution in [3.8, 4) is 78.7 Å². The molecule has 1 aliphatic rings. The molecule has 0 saturated heterocycles. The standard InChI is InChI=1S/C68H43N3S/c1-3-17-52(18-4-1)68(53-19-5-2-6-20-53)61-27-11-9-22-57(61)60-43-51(41-42-62(60)68)67-70-65(69-66(71-67)50-39-35-47(36-40-50)55-24-13-16-46-15-7-8-21-54(46)55)49-37-31-45(32-38-49)44-29-33-48(34-30-44)56-25-14-26-59-58-23-10-12-28-63(58)72-64(56)59/h1-43H. The van der Waals surface area contributed by atoms with Gasteiger partial charge in [-0.05, 0) is 89.7 Å². The van der Waals surface area contributed by atoms with Gasteiger partial charge in [0.2, 0.25) is 0 Å². The van der Waals surface area contributed by atoms with Gasteiger partial charge in [-0.2, -0.15) is 0 Å². The minimum absolute atomic E-state index is 0.497. The molecule has 0 spiro atoms. The summed E-state index contributed by atoms with van der Waals surface area (Å²) >= 11 is 1.87. The Bertz CT molecular complexity index is 4130. The summed E-state index contributed by atoms with van der Waals surface area (Å²) in [5.74, 6) is 1.87. The summed E-state index contributed by atoms with van der Waals surface area (Å²) in [5.41, 5.74) is 16.7. The molecule has 0 saturated carbocycles. The van der Waals surface area contributed by atoms with Crippen LogP contribution in [-0.2, 0) is 5.41 Å². The fraction of sp³-hybridized carbons (Fsp3) is 0.0147. The molecule has 72 heavy (non-hydrogen) atoms. The van der Waals surface area contributed by atoms with E-state index >= 15 is 0 Å². The van der Waals surface area contributed by atoms with Crippen molar-refractivity contribution < 1.29 is 0 Å². The molecule has 0 fully saturated rings. The van der Waals surface area contributed by atoms with E-state index in [1.807, 2.05) is 11.3 Å². The van der Waals surface area contributed by atoms with Gasteiger partial charge in [-0.15, -0.1) is 11.3 Å². The SMILES string of the molecule is c1ccc(C2(c3ccccc3)c3ccccc3-c3cc(-c4nc(-c5ccc(-c6ccc(-c7cccc8c7sc7ccccc78)cc6)cc5)nc(-c5ccc(-c6cccc7ccccc67)cc5)n4)ccc32)cc1. The molecule has 11 aromatic carbocycles. The highest BCUT2D eigenvalue weighted by molar-refractivity contribution is 7.26. The summed E-state index contributed by atoms with van der Waals surface area (Å²) in [4.78, 5) is 15.8. The van der Waals surface area contributed by atoms with Crippen molar-refractivity contribution in [3.05, 3.63) is 283 Å². The lowest BCUT2D eigenvalue weighted by Crippen LogP contribution is -2.28. The first-order valence-electron chi connectivity index (χ1n) is 24.5. The van der Waals surface area contributed by atoms with E-state index in [9.17, 15) is 0 Å². The van der Waals surface area contributed by atoms with Crippen LogP contribution in [0.4, 0.5) is 0 Å². The lowest BCUT2D eigenvalue weighted by atomic mass is 9.67. The number of aromatic nitrogens is 3. The second-order valence-electron chi connectivity index (χ2n) is 18.6. The molecule has 0 atom stereocenters. The van der Waals surface area contributed by atoms with Crippen LogP contribution in [-0.4, -0.2) is 15.0 Å². The van der Waals surface area contributed by atoms with Crippen molar-refractivity contribution in [1.82, 2.24) is 15.0 Å². The Balaban J connectivity index is 0.868. The maximum atomic E-state index is 5.30. The number of fused-ring (bicyclic) bond motifs is 7. The van der Waals surface area contributed by atoms with Gasteiger partial charge in [-0.25, -0.2) is 15.0 Å². The maximum Gasteiger partial charge on any atom is 0.164 e. The summed E-state index contributed by atoms with van der Waals surface area (Å²) in [5, 5.41) is 5.07. The second kappa shape index (κ2) is 17.1. The van der Waals surface area contributed by atoms with Crippen molar-refractivity contribution in [3.63, 3.8) is 0 Å². The third-order valence-corrected chi connectivity index (χ3v) is 15.9. The van der Waals surface area contributed by atoms with Crippen LogP contribution in [0.3, 0.4) is 0 Å². The highest BCUT2D eigenvalue weighted by atomic mass is 32.1. The van der Waals surface area contributed by atoms with Gasteiger partial charge < -0.3 is 0 Å². The molecule has 14 rings (SSSR count). The molecule has 0 unspecified atom stereocenters. The Morgan fingerprint density at radius 3 is 1.40 bits per heavy atom. The molecule has 13 aromatic rings. The Morgan fingerprint density at radius 2 is 0.722 bits per heavy atom. The van der Waals surface area contributed by atoms with Gasteiger partial charge in [0.05, 0.1) is 5.41 Å². The van der Waals surface area contributed by atoms with Crippen LogP contribution in [0.2, 0.25) is 0 Å². The van der Waals surface area contributed by atoms with Gasteiger partial charge in [0.15, 0.2) is 17.5 Å². The first-order valence-corrected chi connectivity index (χ1v) is 25.3. The van der Waals surface area contributed by atoms with E-state index in [-0.39, 0.29) is 0 Å². The third kappa shape index (κ3) is 6.83. The number of rotatable bonds is 8. The van der Waals surface area contributed by atoms with E-state index in [1.54, 1.807) is 0 Å². The van der Waals surface area contributed by atoms with E-state index in [2.05, 4.69) is 261 Å². The Morgan fingerprint density at radius 1 is 0.278 bits per heavy atom. The van der Waals surface area contributed by atoms with Crippen LogP contribution in [0.1, 0.15) is 22.3 Å². The molecule has 2 aromatic heterocycles. The van der Waals surface area contributed by atoms with Crippen LogP contribution < -0.4 is 0 Å². The first-order chi connectivity index (χ1) is 35.7. The van der Waals surface area contributed by atoms with Crippen molar-refractivity contribution in [2.45, 2.75) is 5.41 Å². The summed E-state index contributed by atoms with van der Waals surface area (Å²) in [6, 6.07) is 94.1. The number of hydrogen-bond donors (Lipinski definition) is 0. The van der Waals surface area contributed by atoms with Crippen molar-refractivity contribution in [2.24, 2.45) is 0 Å². The molecule has 0 aliphatic heterocycles. The average Bonchev–Trinajstić information content (AvgIpc) is 4.00. The highest BCUT2D eigenvalue weighted by Gasteiger charge is 2.46. The van der Waals surface area contributed by atoms with Gasteiger partial charge >= 0.3 is 0 Å². The zero-order valence-corrected chi connectivity index (χ0v) is 39.9. The molecular formula is C68H43N3S. The zero-order chi connectivity index (χ0) is 47.6. The largest absolute Gasteiger partial charge is 0.208 e. The van der Waals surface area contributed by atoms with Crippen LogP contribution in [0.15, 0.2) is 261 Å². The summed E-state index contributed by atoms with van der Waals surface area (Å²) in [6.45, 7) is 0. The number of thiophene rings is 1. The fourth-order valence-corrected chi connectivity index (χ4v) is 12.5. The lowest BCUT2D eigenvalue weighted by molar-refractivity contribution is 0.768. The molecule has 3 nitrogen and oxygen atoms in total. The highest BCUT2D eigenvalue weighted by Crippen LogP contribution is 2.56. The molecule has 0 amide bonds. The van der Waals surface area contributed by atoms with Crippen LogP contribution >= 0.6 is 11.3 Å². The maximum absolute atomic E-state index is 5.30. The predicted molar refractivity (Wildman–Crippen MR) is 300 cm³/mol.